The lowest BCUT2D eigenvalue weighted by molar-refractivity contribution is 0.0936. The molecule has 0 bridgehead atoms. The summed E-state index contributed by atoms with van der Waals surface area (Å²) in [7, 11) is 0. The normalized spacial score (nSPS) is 22.4. The molecule has 1 aliphatic rings. The maximum Gasteiger partial charge on any atom is 0.251 e. The Morgan fingerprint density at radius 1 is 1.35 bits per heavy atom. The molecule has 20 heavy (non-hydrogen) atoms. The molecule has 1 aromatic rings. The van der Waals surface area contributed by atoms with Gasteiger partial charge in [-0.2, -0.15) is 0 Å². The average molecular weight is 275 g/mol. The number of hydrogen-bond donors (Lipinski definition) is 3. The monoisotopic (exact) mass is 275 g/mol. The number of nitrogens with two attached hydrogens (primary N) is 1. The molecule has 0 aromatic heterocycles. The number of anilines is 1. The van der Waals surface area contributed by atoms with Crippen LogP contribution >= 0.6 is 0 Å². The van der Waals surface area contributed by atoms with E-state index in [0.29, 0.717) is 11.8 Å². The summed E-state index contributed by atoms with van der Waals surface area (Å²) >= 11 is 0. The zero-order valence-electron chi connectivity index (χ0n) is 12.4. The highest BCUT2D eigenvalue weighted by Gasteiger charge is 2.22. The SMILES string of the molecule is Cc1cc(NN)ccc1C(=O)NCC1CCCCC1C. The van der Waals surface area contributed by atoms with Crippen LogP contribution in [0, 0.1) is 18.8 Å². The van der Waals surface area contributed by atoms with Crippen LogP contribution in [0.3, 0.4) is 0 Å². The Labute approximate surface area is 121 Å². The first-order valence-electron chi connectivity index (χ1n) is 7.47. The van der Waals surface area contributed by atoms with Crippen LogP contribution in [0.5, 0.6) is 0 Å². The van der Waals surface area contributed by atoms with Crippen LogP contribution in [0.4, 0.5) is 5.69 Å². The minimum absolute atomic E-state index is 0.0174. The summed E-state index contributed by atoms with van der Waals surface area (Å²) in [5.74, 6) is 6.72. The molecule has 4 heteroatoms. The molecule has 2 rings (SSSR count). The van der Waals surface area contributed by atoms with E-state index in [1.54, 1.807) is 0 Å². The van der Waals surface area contributed by atoms with Crippen molar-refractivity contribution < 1.29 is 4.79 Å². The number of hydrogen-bond acceptors (Lipinski definition) is 3. The third kappa shape index (κ3) is 3.51. The molecular formula is C16H25N3O. The highest BCUT2D eigenvalue weighted by atomic mass is 16.1. The van der Waals surface area contributed by atoms with Gasteiger partial charge in [0.15, 0.2) is 0 Å². The molecule has 1 aromatic carbocycles. The number of rotatable bonds is 4. The van der Waals surface area contributed by atoms with Crippen LogP contribution in [0.2, 0.25) is 0 Å². The Bertz CT molecular complexity index is 473. The molecule has 1 amide bonds. The van der Waals surface area contributed by atoms with E-state index in [9.17, 15) is 4.79 Å². The van der Waals surface area contributed by atoms with Crippen LogP contribution in [0.15, 0.2) is 18.2 Å². The van der Waals surface area contributed by atoms with Gasteiger partial charge in [-0.1, -0.05) is 26.2 Å². The molecule has 4 nitrogen and oxygen atoms in total. The number of carbonyl (C=O) groups excluding carboxylic acids is 1. The van der Waals surface area contributed by atoms with Crippen LogP contribution in [0.1, 0.15) is 48.5 Å². The third-order valence-corrected chi connectivity index (χ3v) is 4.45. The second-order valence-corrected chi connectivity index (χ2v) is 5.91. The van der Waals surface area contributed by atoms with Crippen molar-refractivity contribution in [2.24, 2.45) is 17.7 Å². The fourth-order valence-electron chi connectivity index (χ4n) is 3.02. The lowest BCUT2D eigenvalue weighted by Crippen LogP contribution is -2.33. The molecule has 1 saturated carbocycles. The Morgan fingerprint density at radius 2 is 2.10 bits per heavy atom. The van der Waals surface area contributed by atoms with Gasteiger partial charge in [0.2, 0.25) is 0 Å². The molecule has 2 atom stereocenters. The number of benzene rings is 1. The summed E-state index contributed by atoms with van der Waals surface area (Å²) in [4.78, 5) is 12.3. The van der Waals surface area contributed by atoms with Gasteiger partial charge in [0.05, 0.1) is 0 Å². The zero-order valence-corrected chi connectivity index (χ0v) is 12.4. The Hall–Kier alpha value is -1.55. The molecule has 1 aliphatic carbocycles. The minimum atomic E-state index is 0.0174. The van der Waals surface area contributed by atoms with Crippen molar-refractivity contribution in [2.75, 3.05) is 12.0 Å². The Balaban J connectivity index is 1.94. The van der Waals surface area contributed by atoms with Crippen LogP contribution < -0.4 is 16.6 Å². The standard InChI is InChI=1S/C16H25N3O/c1-11-5-3-4-6-13(11)10-18-16(20)15-8-7-14(19-17)9-12(15)2/h7-9,11,13,19H,3-6,10,17H2,1-2H3,(H,18,20). The topological polar surface area (TPSA) is 67.1 Å². The maximum atomic E-state index is 12.3. The summed E-state index contributed by atoms with van der Waals surface area (Å²) in [6.07, 6.45) is 5.14. The van der Waals surface area contributed by atoms with Gasteiger partial charge in [-0.15, -0.1) is 0 Å². The molecule has 0 spiro atoms. The smallest absolute Gasteiger partial charge is 0.251 e. The Morgan fingerprint density at radius 3 is 2.75 bits per heavy atom. The fraction of sp³-hybridized carbons (Fsp3) is 0.562. The highest BCUT2D eigenvalue weighted by molar-refractivity contribution is 5.96. The Kier molecular flexibility index (Phi) is 5.01. The summed E-state index contributed by atoms with van der Waals surface area (Å²) < 4.78 is 0. The van der Waals surface area contributed by atoms with Gasteiger partial charge >= 0.3 is 0 Å². The first-order chi connectivity index (χ1) is 9.61. The van der Waals surface area contributed by atoms with E-state index in [0.717, 1.165) is 23.4 Å². The van der Waals surface area contributed by atoms with E-state index in [4.69, 9.17) is 5.84 Å². The van der Waals surface area contributed by atoms with E-state index < -0.39 is 0 Å². The number of aryl methyl sites for hydroxylation is 1. The van der Waals surface area contributed by atoms with Gasteiger partial charge in [0.1, 0.15) is 0 Å². The molecule has 110 valence electrons. The van der Waals surface area contributed by atoms with Gasteiger partial charge in [0, 0.05) is 17.8 Å². The molecule has 2 unspecified atom stereocenters. The zero-order chi connectivity index (χ0) is 14.5. The molecule has 0 heterocycles. The molecule has 0 aliphatic heterocycles. The van der Waals surface area contributed by atoms with Crippen molar-refractivity contribution in [3.8, 4) is 0 Å². The van der Waals surface area contributed by atoms with Crippen molar-refractivity contribution in [1.82, 2.24) is 5.32 Å². The van der Waals surface area contributed by atoms with Crippen LogP contribution in [-0.4, -0.2) is 12.5 Å². The predicted octanol–water partition coefficient (Wildman–Crippen LogP) is 2.84. The van der Waals surface area contributed by atoms with Crippen molar-refractivity contribution >= 4 is 11.6 Å². The molecule has 4 N–H and O–H groups in total. The van der Waals surface area contributed by atoms with E-state index in [-0.39, 0.29) is 5.91 Å². The third-order valence-electron chi connectivity index (χ3n) is 4.45. The van der Waals surface area contributed by atoms with Gasteiger partial charge < -0.3 is 10.7 Å². The van der Waals surface area contributed by atoms with Crippen LogP contribution in [-0.2, 0) is 0 Å². The first-order valence-corrected chi connectivity index (χ1v) is 7.47. The lowest BCUT2D eigenvalue weighted by Gasteiger charge is -2.28. The van der Waals surface area contributed by atoms with Gasteiger partial charge in [-0.25, -0.2) is 0 Å². The minimum Gasteiger partial charge on any atom is -0.352 e. The van der Waals surface area contributed by atoms with Crippen LogP contribution in [0.25, 0.3) is 0 Å². The second kappa shape index (κ2) is 6.75. The molecule has 0 radical (unpaired) electrons. The summed E-state index contributed by atoms with van der Waals surface area (Å²) in [5, 5.41) is 3.09. The maximum absolute atomic E-state index is 12.3. The van der Waals surface area contributed by atoms with Gasteiger partial charge in [-0.05, 0) is 48.9 Å². The second-order valence-electron chi connectivity index (χ2n) is 5.91. The molecule has 1 fully saturated rings. The van der Waals surface area contributed by atoms with Crippen molar-refractivity contribution in [3.63, 3.8) is 0 Å². The average Bonchev–Trinajstić information content (AvgIpc) is 2.46. The molecular weight excluding hydrogens is 250 g/mol. The lowest BCUT2D eigenvalue weighted by atomic mass is 9.80. The van der Waals surface area contributed by atoms with Crippen molar-refractivity contribution in [2.45, 2.75) is 39.5 Å². The van der Waals surface area contributed by atoms with Gasteiger partial charge in [-0.3, -0.25) is 10.6 Å². The first kappa shape index (κ1) is 14.9. The van der Waals surface area contributed by atoms with E-state index in [2.05, 4.69) is 17.7 Å². The number of carbonyl (C=O) groups is 1. The summed E-state index contributed by atoms with van der Waals surface area (Å²) in [6, 6.07) is 5.54. The van der Waals surface area contributed by atoms with Crippen molar-refractivity contribution in [3.05, 3.63) is 29.3 Å². The van der Waals surface area contributed by atoms with E-state index >= 15 is 0 Å². The van der Waals surface area contributed by atoms with E-state index in [1.165, 1.54) is 25.7 Å². The summed E-state index contributed by atoms with van der Waals surface area (Å²) in [6.45, 7) is 5.01. The number of nitrogens with one attached hydrogen (secondary N) is 2. The number of amides is 1. The van der Waals surface area contributed by atoms with E-state index in [1.807, 2.05) is 25.1 Å². The number of hydrazine groups is 1. The van der Waals surface area contributed by atoms with Crippen molar-refractivity contribution in [1.29, 1.82) is 0 Å². The predicted molar refractivity (Wildman–Crippen MR) is 82.4 cm³/mol. The highest BCUT2D eigenvalue weighted by Crippen LogP contribution is 2.29. The molecule has 0 saturated heterocycles. The fourth-order valence-corrected chi connectivity index (χ4v) is 3.02. The number of nitrogen functional groups attached to an aromatic ring is 1. The summed E-state index contributed by atoms with van der Waals surface area (Å²) in [5.41, 5.74) is 5.08. The van der Waals surface area contributed by atoms with Gasteiger partial charge in [0.25, 0.3) is 5.91 Å². The largest absolute Gasteiger partial charge is 0.352 e. The quantitative estimate of drug-likeness (QED) is 0.584.